The van der Waals surface area contributed by atoms with Crippen LogP contribution >= 0.6 is 11.6 Å². The Kier molecular flexibility index (Phi) is 4.34. The highest BCUT2D eigenvalue weighted by atomic mass is 35.5. The Morgan fingerprint density at radius 1 is 1.32 bits per heavy atom. The van der Waals surface area contributed by atoms with E-state index >= 15 is 0 Å². The Hall–Kier alpha value is -2.00. The van der Waals surface area contributed by atoms with Crippen LogP contribution in [0.2, 0.25) is 5.02 Å². The maximum atomic E-state index is 12.4. The number of hydrogen-bond donors (Lipinski definition) is 1. The van der Waals surface area contributed by atoms with Gasteiger partial charge >= 0.3 is 0 Å². The highest BCUT2D eigenvalue weighted by Gasteiger charge is 2.25. The summed E-state index contributed by atoms with van der Waals surface area (Å²) in [4.78, 5) is 12.4. The summed E-state index contributed by atoms with van der Waals surface area (Å²) < 4.78 is 5.76. The summed E-state index contributed by atoms with van der Waals surface area (Å²) in [6.07, 6.45) is 1.68. The molecule has 1 aliphatic rings. The van der Waals surface area contributed by atoms with E-state index < -0.39 is 0 Å². The van der Waals surface area contributed by atoms with Gasteiger partial charge in [0.1, 0.15) is 11.9 Å². The molecule has 1 unspecified atom stereocenters. The van der Waals surface area contributed by atoms with Crippen LogP contribution < -0.4 is 10.1 Å². The lowest BCUT2D eigenvalue weighted by atomic mass is 10.1. The molecule has 3 nitrogen and oxygen atoms in total. The first-order valence-electron chi connectivity index (χ1n) is 7.44. The predicted molar refractivity (Wildman–Crippen MR) is 87.7 cm³/mol. The number of carbonyl (C=O) groups excluding carboxylic acids is 1. The molecule has 1 amide bonds. The molecule has 0 fully saturated rings. The van der Waals surface area contributed by atoms with Crippen LogP contribution in [0.15, 0.2) is 42.5 Å². The topological polar surface area (TPSA) is 38.3 Å². The van der Waals surface area contributed by atoms with Crippen LogP contribution in [-0.4, -0.2) is 18.6 Å². The Morgan fingerprint density at radius 3 is 2.86 bits per heavy atom. The van der Waals surface area contributed by atoms with Gasteiger partial charge in [0.15, 0.2) is 0 Å². The summed E-state index contributed by atoms with van der Waals surface area (Å²) in [6, 6.07) is 13.6. The van der Waals surface area contributed by atoms with Gasteiger partial charge in [-0.3, -0.25) is 4.79 Å². The third-order valence-corrected chi connectivity index (χ3v) is 3.96. The molecular formula is C18H18ClNO2. The first kappa shape index (κ1) is 14.9. The van der Waals surface area contributed by atoms with E-state index in [1.807, 2.05) is 43.3 Å². The van der Waals surface area contributed by atoms with Gasteiger partial charge < -0.3 is 10.1 Å². The molecule has 0 saturated carbocycles. The lowest BCUT2D eigenvalue weighted by Crippen LogP contribution is -2.26. The van der Waals surface area contributed by atoms with Gasteiger partial charge in [0.2, 0.25) is 0 Å². The van der Waals surface area contributed by atoms with Crippen molar-refractivity contribution in [3.8, 4) is 5.75 Å². The standard InChI is InChI=1S/C18H18ClNO2/c1-12-9-14-10-15(19)11-16(17(14)22-12)18(21)20-8-7-13-5-3-2-4-6-13/h2-6,10-12H,7-9H2,1H3,(H,20,21). The molecule has 0 aliphatic carbocycles. The Balaban J connectivity index is 1.68. The smallest absolute Gasteiger partial charge is 0.255 e. The molecule has 0 spiro atoms. The number of nitrogens with one attached hydrogen (secondary N) is 1. The zero-order chi connectivity index (χ0) is 15.5. The maximum absolute atomic E-state index is 12.4. The first-order valence-corrected chi connectivity index (χ1v) is 7.82. The van der Waals surface area contributed by atoms with Crippen LogP contribution in [0, 0.1) is 0 Å². The number of rotatable bonds is 4. The first-order chi connectivity index (χ1) is 10.6. The number of carbonyl (C=O) groups is 1. The molecule has 1 heterocycles. The molecule has 1 aliphatic heterocycles. The number of amides is 1. The fraction of sp³-hybridized carbons (Fsp3) is 0.278. The van der Waals surface area contributed by atoms with Gasteiger partial charge in [-0.2, -0.15) is 0 Å². The van der Waals surface area contributed by atoms with Gasteiger partial charge in [0, 0.05) is 23.6 Å². The molecule has 1 atom stereocenters. The van der Waals surface area contributed by atoms with E-state index in [0.717, 1.165) is 18.4 Å². The second kappa shape index (κ2) is 6.41. The van der Waals surface area contributed by atoms with Crippen molar-refractivity contribution in [1.82, 2.24) is 5.32 Å². The molecule has 4 heteroatoms. The van der Waals surface area contributed by atoms with Crippen molar-refractivity contribution in [1.29, 1.82) is 0 Å². The number of halogens is 1. The molecule has 2 aromatic carbocycles. The molecular weight excluding hydrogens is 298 g/mol. The van der Waals surface area contributed by atoms with E-state index in [4.69, 9.17) is 16.3 Å². The van der Waals surface area contributed by atoms with Crippen LogP contribution in [0.3, 0.4) is 0 Å². The molecule has 2 aromatic rings. The molecule has 0 bridgehead atoms. The summed E-state index contributed by atoms with van der Waals surface area (Å²) in [5.41, 5.74) is 2.73. The monoisotopic (exact) mass is 315 g/mol. The van der Waals surface area contributed by atoms with Crippen LogP contribution in [0.5, 0.6) is 5.75 Å². The number of benzene rings is 2. The van der Waals surface area contributed by atoms with Gasteiger partial charge in [0.05, 0.1) is 5.56 Å². The Labute approximate surface area is 135 Å². The Morgan fingerprint density at radius 2 is 2.09 bits per heavy atom. The molecule has 3 rings (SSSR count). The predicted octanol–water partition coefficient (Wildman–Crippen LogP) is 3.64. The van der Waals surface area contributed by atoms with E-state index in [1.54, 1.807) is 6.07 Å². The largest absolute Gasteiger partial charge is 0.489 e. The SMILES string of the molecule is CC1Cc2cc(Cl)cc(C(=O)NCCc3ccccc3)c2O1. The molecule has 0 radical (unpaired) electrons. The molecule has 0 saturated heterocycles. The summed E-state index contributed by atoms with van der Waals surface area (Å²) >= 11 is 6.11. The van der Waals surface area contributed by atoms with Gasteiger partial charge in [-0.1, -0.05) is 41.9 Å². The minimum atomic E-state index is -0.135. The van der Waals surface area contributed by atoms with Crippen LogP contribution in [0.1, 0.15) is 28.4 Å². The van der Waals surface area contributed by atoms with E-state index in [2.05, 4.69) is 5.32 Å². The van der Waals surface area contributed by atoms with Crippen molar-refractivity contribution < 1.29 is 9.53 Å². The minimum Gasteiger partial charge on any atom is -0.489 e. The van der Waals surface area contributed by atoms with Crippen molar-refractivity contribution >= 4 is 17.5 Å². The Bertz CT molecular complexity index is 685. The maximum Gasteiger partial charge on any atom is 0.255 e. The van der Waals surface area contributed by atoms with E-state index in [1.165, 1.54) is 5.56 Å². The summed E-state index contributed by atoms with van der Waals surface area (Å²) in [5, 5.41) is 3.52. The molecule has 0 aromatic heterocycles. The number of hydrogen-bond acceptors (Lipinski definition) is 2. The minimum absolute atomic E-state index is 0.0873. The highest BCUT2D eigenvalue weighted by Crippen LogP contribution is 2.35. The fourth-order valence-corrected chi connectivity index (χ4v) is 2.96. The summed E-state index contributed by atoms with van der Waals surface area (Å²) in [6.45, 7) is 2.57. The van der Waals surface area contributed by atoms with Gasteiger partial charge in [-0.05, 0) is 31.0 Å². The quantitative estimate of drug-likeness (QED) is 0.935. The number of fused-ring (bicyclic) bond motifs is 1. The molecule has 22 heavy (non-hydrogen) atoms. The van der Waals surface area contributed by atoms with Crippen LogP contribution in [0.4, 0.5) is 0 Å². The fourth-order valence-electron chi connectivity index (χ4n) is 2.72. The van der Waals surface area contributed by atoms with Gasteiger partial charge in [-0.15, -0.1) is 0 Å². The van der Waals surface area contributed by atoms with Crippen molar-refractivity contribution in [3.05, 3.63) is 64.2 Å². The third kappa shape index (κ3) is 3.25. The van der Waals surface area contributed by atoms with Gasteiger partial charge in [0.25, 0.3) is 5.91 Å². The molecule has 1 N–H and O–H groups in total. The summed E-state index contributed by atoms with van der Waals surface area (Å²) in [5.74, 6) is 0.540. The van der Waals surface area contributed by atoms with Gasteiger partial charge in [-0.25, -0.2) is 0 Å². The second-order valence-electron chi connectivity index (χ2n) is 5.57. The van der Waals surface area contributed by atoms with Crippen molar-refractivity contribution in [2.75, 3.05) is 6.54 Å². The van der Waals surface area contributed by atoms with Crippen molar-refractivity contribution in [2.24, 2.45) is 0 Å². The lowest BCUT2D eigenvalue weighted by molar-refractivity contribution is 0.0949. The second-order valence-corrected chi connectivity index (χ2v) is 6.00. The van der Waals surface area contributed by atoms with E-state index in [9.17, 15) is 4.79 Å². The van der Waals surface area contributed by atoms with Crippen LogP contribution in [0.25, 0.3) is 0 Å². The normalized spacial score (nSPS) is 16.0. The van der Waals surface area contributed by atoms with E-state index in [-0.39, 0.29) is 12.0 Å². The lowest BCUT2D eigenvalue weighted by Gasteiger charge is -2.11. The highest BCUT2D eigenvalue weighted by molar-refractivity contribution is 6.31. The third-order valence-electron chi connectivity index (χ3n) is 3.74. The zero-order valence-corrected chi connectivity index (χ0v) is 13.2. The summed E-state index contributed by atoms with van der Waals surface area (Å²) in [7, 11) is 0. The average Bonchev–Trinajstić information content (AvgIpc) is 2.87. The van der Waals surface area contributed by atoms with E-state index in [0.29, 0.717) is 22.9 Å². The van der Waals surface area contributed by atoms with Crippen LogP contribution in [-0.2, 0) is 12.8 Å². The number of ether oxygens (including phenoxy) is 1. The molecule has 114 valence electrons. The average molecular weight is 316 g/mol. The van der Waals surface area contributed by atoms with Crippen molar-refractivity contribution in [2.45, 2.75) is 25.9 Å². The van der Waals surface area contributed by atoms with Crippen molar-refractivity contribution in [3.63, 3.8) is 0 Å². The zero-order valence-electron chi connectivity index (χ0n) is 12.4.